The molecule has 0 aromatic carbocycles. The van der Waals surface area contributed by atoms with Crippen molar-refractivity contribution in [1.29, 1.82) is 0 Å². The average Bonchev–Trinajstić information content (AvgIpc) is 2.02. The van der Waals surface area contributed by atoms with Crippen molar-refractivity contribution in [3.63, 3.8) is 0 Å². The van der Waals surface area contributed by atoms with Crippen LogP contribution in [0.2, 0.25) is 0 Å². The van der Waals surface area contributed by atoms with Crippen LogP contribution in [0.5, 0.6) is 0 Å². The number of hydrogen-bond donors (Lipinski definition) is 0. The van der Waals surface area contributed by atoms with Crippen LogP contribution in [-0.4, -0.2) is 20.0 Å². The Morgan fingerprint density at radius 1 is 1.10 bits per heavy atom. The van der Waals surface area contributed by atoms with Gasteiger partial charge in [0.1, 0.15) is 6.79 Å². The molecule has 1 aliphatic rings. The Morgan fingerprint density at radius 2 is 1.90 bits per heavy atom. The van der Waals surface area contributed by atoms with E-state index in [2.05, 4.69) is 6.92 Å². The third-order valence-corrected chi connectivity index (χ3v) is 1.91. The molecule has 1 rings (SSSR count). The molecule has 60 valence electrons. The molecule has 2 heteroatoms. The Labute approximate surface area is 62.5 Å². The fraction of sp³-hybridized carbons (Fsp3) is 1.00. The summed E-state index contributed by atoms with van der Waals surface area (Å²) in [6.45, 7) is 4.49. The van der Waals surface area contributed by atoms with E-state index < -0.39 is 0 Å². The molecule has 1 aliphatic heterocycles. The minimum atomic E-state index is 0.493. The highest BCUT2D eigenvalue weighted by Crippen LogP contribution is 2.11. The van der Waals surface area contributed by atoms with Crippen LogP contribution in [0.15, 0.2) is 0 Å². The van der Waals surface area contributed by atoms with Gasteiger partial charge in [0.2, 0.25) is 0 Å². The molecule has 1 unspecified atom stereocenters. The predicted octanol–water partition coefficient (Wildman–Crippen LogP) is 1.80. The first-order chi connectivity index (χ1) is 4.89. The molecule has 0 saturated carbocycles. The summed E-state index contributed by atoms with van der Waals surface area (Å²) in [5.74, 6) is 0.807. The summed E-state index contributed by atoms with van der Waals surface area (Å²) < 4.78 is 10.4. The topological polar surface area (TPSA) is 18.5 Å². The largest absolute Gasteiger partial charge is 0.355 e. The van der Waals surface area contributed by atoms with E-state index in [1.54, 1.807) is 0 Å². The first kappa shape index (κ1) is 8.02. The lowest BCUT2D eigenvalue weighted by atomic mass is 10.0. The molecule has 0 amide bonds. The zero-order valence-corrected chi connectivity index (χ0v) is 6.64. The van der Waals surface area contributed by atoms with Gasteiger partial charge in [0.25, 0.3) is 0 Å². The quantitative estimate of drug-likeness (QED) is 0.516. The van der Waals surface area contributed by atoms with E-state index in [0.717, 1.165) is 19.1 Å². The fourth-order valence-corrected chi connectivity index (χ4v) is 1.14. The molecule has 0 bridgehead atoms. The Hall–Kier alpha value is -0.0800. The lowest BCUT2D eigenvalue weighted by Gasteiger charge is -2.06. The molecular weight excluding hydrogens is 128 g/mol. The summed E-state index contributed by atoms with van der Waals surface area (Å²) in [5, 5.41) is 0. The summed E-state index contributed by atoms with van der Waals surface area (Å²) in [7, 11) is 0. The second-order valence-electron chi connectivity index (χ2n) is 2.97. The van der Waals surface area contributed by atoms with Crippen LogP contribution >= 0.6 is 0 Å². The van der Waals surface area contributed by atoms with Crippen molar-refractivity contribution in [2.75, 3.05) is 20.0 Å². The van der Waals surface area contributed by atoms with E-state index >= 15 is 0 Å². The highest BCUT2D eigenvalue weighted by molar-refractivity contribution is 4.53. The van der Waals surface area contributed by atoms with Crippen LogP contribution in [0, 0.1) is 5.92 Å². The van der Waals surface area contributed by atoms with E-state index in [9.17, 15) is 0 Å². The van der Waals surface area contributed by atoms with E-state index in [1.807, 2.05) is 0 Å². The molecule has 0 aromatic heterocycles. The molecule has 2 nitrogen and oxygen atoms in total. The molecule has 0 radical (unpaired) electrons. The minimum Gasteiger partial charge on any atom is -0.355 e. The molecule has 0 N–H and O–H groups in total. The van der Waals surface area contributed by atoms with Crippen molar-refractivity contribution in [2.45, 2.75) is 26.2 Å². The zero-order valence-electron chi connectivity index (χ0n) is 6.64. The first-order valence-electron chi connectivity index (χ1n) is 4.05. The summed E-state index contributed by atoms with van der Waals surface area (Å²) in [5.41, 5.74) is 0. The number of ether oxygens (including phenoxy) is 2. The SMILES string of the molecule is CC1CCCOCOCC1. The lowest BCUT2D eigenvalue weighted by Crippen LogP contribution is -2.01. The standard InChI is InChI=1S/C8H16O2/c1-8-3-2-5-9-7-10-6-4-8/h8H,2-7H2,1H3. The van der Waals surface area contributed by atoms with Crippen LogP contribution < -0.4 is 0 Å². The van der Waals surface area contributed by atoms with Crippen molar-refractivity contribution in [3.05, 3.63) is 0 Å². The fourth-order valence-electron chi connectivity index (χ4n) is 1.14. The van der Waals surface area contributed by atoms with Gasteiger partial charge in [-0.2, -0.15) is 0 Å². The predicted molar refractivity (Wildman–Crippen MR) is 39.8 cm³/mol. The van der Waals surface area contributed by atoms with E-state index in [-0.39, 0.29) is 0 Å². The molecule has 1 heterocycles. The molecule has 1 atom stereocenters. The van der Waals surface area contributed by atoms with Gasteiger partial charge in [0.05, 0.1) is 0 Å². The van der Waals surface area contributed by atoms with Gasteiger partial charge in [-0.25, -0.2) is 0 Å². The smallest absolute Gasteiger partial charge is 0.146 e. The summed E-state index contributed by atoms with van der Waals surface area (Å²) in [4.78, 5) is 0. The third-order valence-electron chi connectivity index (χ3n) is 1.91. The maximum absolute atomic E-state index is 5.20. The summed E-state index contributed by atoms with van der Waals surface area (Å²) in [6, 6.07) is 0. The van der Waals surface area contributed by atoms with Gasteiger partial charge >= 0.3 is 0 Å². The van der Waals surface area contributed by atoms with Crippen LogP contribution in [0.1, 0.15) is 26.2 Å². The van der Waals surface area contributed by atoms with Gasteiger partial charge in [-0.05, 0) is 25.2 Å². The highest BCUT2D eigenvalue weighted by atomic mass is 16.7. The normalized spacial score (nSPS) is 30.3. The van der Waals surface area contributed by atoms with Crippen molar-refractivity contribution in [3.8, 4) is 0 Å². The van der Waals surface area contributed by atoms with Crippen molar-refractivity contribution in [1.82, 2.24) is 0 Å². The summed E-state index contributed by atoms with van der Waals surface area (Å²) in [6.07, 6.45) is 3.65. The van der Waals surface area contributed by atoms with E-state index in [1.165, 1.54) is 19.3 Å². The monoisotopic (exact) mass is 144 g/mol. The van der Waals surface area contributed by atoms with Crippen molar-refractivity contribution in [2.24, 2.45) is 5.92 Å². The maximum Gasteiger partial charge on any atom is 0.146 e. The molecule has 0 aromatic rings. The van der Waals surface area contributed by atoms with Crippen molar-refractivity contribution < 1.29 is 9.47 Å². The van der Waals surface area contributed by atoms with Gasteiger partial charge in [-0.3, -0.25) is 0 Å². The molecule has 10 heavy (non-hydrogen) atoms. The van der Waals surface area contributed by atoms with E-state index in [4.69, 9.17) is 9.47 Å². The van der Waals surface area contributed by atoms with Crippen LogP contribution in [0.25, 0.3) is 0 Å². The molecule has 0 spiro atoms. The third kappa shape index (κ3) is 3.18. The molecule has 1 saturated heterocycles. The second-order valence-corrected chi connectivity index (χ2v) is 2.97. The van der Waals surface area contributed by atoms with Gasteiger partial charge in [0.15, 0.2) is 0 Å². The molecule has 1 fully saturated rings. The van der Waals surface area contributed by atoms with Crippen molar-refractivity contribution >= 4 is 0 Å². The number of hydrogen-bond acceptors (Lipinski definition) is 2. The van der Waals surface area contributed by atoms with Gasteiger partial charge < -0.3 is 9.47 Å². The minimum absolute atomic E-state index is 0.493. The Morgan fingerprint density at radius 3 is 2.80 bits per heavy atom. The van der Waals surface area contributed by atoms with Gasteiger partial charge in [0, 0.05) is 13.2 Å². The van der Waals surface area contributed by atoms with Crippen LogP contribution in [0.3, 0.4) is 0 Å². The lowest BCUT2D eigenvalue weighted by molar-refractivity contribution is -0.0510. The number of rotatable bonds is 0. The second kappa shape index (κ2) is 4.69. The van der Waals surface area contributed by atoms with Gasteiger partial charge in [-0.1, -0.05) is 6.92 Å². The highest BCUT2D eigenvalue weighted by Gasteiger charge is 2.03. The van der Waals surface area contributed by atoms with Crippen LogP contribution in [-0.2, 0) is 9.47 Å². The Bertz CT molecular complexity index is 73.3. The average molecular weight is 144 g/mol. The molecule has 0 aliphatic carbocycles. The van der Waals surface area contributed by atoms with Crippen LogP contribution in [0.4, 0.5) is 0 Å². The first-order valence-corrected chi connectivity index (χ1v) is 4.05. The molecular formula is C8H16O2. The van der Waals surface area contributed by atoms with Gasteiger partial charge in [-0.15, -0.1) is 0 Å². The maximum atomic E-state index is 5.20. The zero-order chi connectivity index (χ0) is 7.23. The Kier molecular flexibility index (Phi) is 3.76. The Balaban J connectivity index is 2.15. The summed E-state index contributed by atoms with van der Waals surface area (Å²) >= 11 is 0. The van der Waals surface area contributed by atoms with E-state index in [0.29, 0.717) is 6.79 Å².